The Labute approximate surface area is 101 Å². The second kappa shape index (κ2) is 4.53. The molecular weight excluding hydrogens is 212 g/mol. The number of rotatable bonds is 3. The van der Waals surface area contributed by atoms with Crippen molar-refractivity contribution in [2.24, 2.45) is 7.05 Å². The Bertz CT molecular complexity index is 535. The highest BCUT2D eigenvalue weighted by Gasteiger charge is 2.13. The summed E-state index contributed by atoms with van der Waals surface area (Å²) in [5, 5.41) is 4.02. The van der Waals surface area contributed by atoms with Crippen molar-refractivity contribution in [3.8, 4) is 0 Å². The fourth-order valence-corrected chi connectivity index (χ4v) is 2.03. The Morgan fingerprint density at radius 2 is 1.88 bits per heavy atom. The van der Waals surface area contributed by atoms with E-state index in [1.54, 1.807) is 24.0 Å². The van der Waals surface area contributed by atoms with Crippen LogP contribution >= 0.6 is 0 Å². The molecule has 0 amide bonds. The van der Waals surface area contributed by atoms with Gasteiger partial charge in [-0.05, 0) is 36.6 Å². The van der Waals surface area contributed by atoms with Gasteiger partial charge in [-0.1, -0.05) is 18.2 Å². The number of benzene rings is 1. The van der Waals surface area contributed by atoms with Gasteiger partial charge in [0.05, 0.1) is 0 Å². The van der Waals surface area contributed by atoms with Gasteiger partial charge in [-0.2, -0.15) is 5.10 Å². The van der Waals surface area contributed by atoms with Gasteiger partial charge in [0.2, 0.25) is 0 Å². The first-order chi connectivity index (χ1) is 8.09. The fourth-order valence-electron chi connectivity index (χ4n) is 2.03. The van der Waals surface area contributed by atoms with Crippen molar-refractivity contribution in [3.63, 3.8) is 0 Å². The maximum Gasteiger partial charge on any atom is 0.185 e. The van der Waals surface area contributed by atoms with Gasteiger partial charge in [-0.25, -0.2) is 0 Å². The predicted molar refractivity (Wildman–Crippen MR) is 67.2 cm³/mol. The van der Waals surface area contributed by atoms with Gasteiger partial charge >= 0.3 is 0 Å². The van der Waals surface area contributed by atoms with Crippen LogP contribution in [0.2, 0.25) is 0 Å². The molecule has 0 saturated carbocycles. The van der Waals surface area contributed by atoms with Gasteiger partial charge in [0.15, 0.2) is 5.78 Å². The summed E-state index contributed by atoms with van der Waals surface area (Å²) in [5.74, 6) is 0.113. The minimum Gasteiger partial charge on any atom is -0.292 e. The van der Waals surface area contributed by atoms with Crippen LogP contribution in [-0.2, 0) is 13.5 Å². The molecule has 1 heterocycles. The zero-order valence-electron chi connectivity index (χ0n) is 10.4. The van der Waals surface area contributed by atoms with E-state index in [9.17, 15) is 4.79 Å². The lowest BCUT2D eigenvalue weighted by Gasteiger charge is -2.08. The van der Waals surface area contributed by atoms with Crippen LogP contribution in [0, 0.1) is 13.8 Å². The summed E-state index contributed by atoms with van der Waals surface area (Å²) in [6.07, 6.45) is 2.09. The molecule has 0 bridgehead atoms. The molecule has 2 rings (SSSR count). The van der Waals surface area contributed by atoms with Crippen molar-refractivity contribution in [1.29, 1.82) is 0 Å². The van der Waals surface area contributed by atoms with E-state index in [1.165, 1.54) is 11.1 Å². The number of Topliss-reactive ketones (excluding diaryl/α,β-unsaturated/α-hetero) is 1. The third-order valence-electron chi connectivity index (χ3n) is 3.09. The van der Waals surface area contributed by atoms with E-state index in [-0.39, 0.29) is 5.78 Å². The number of aryl methyl sites for hydroxylation is 3. The number of hydrogen-bond donors (Lipinski definition) is 0. The standard InChI is InChI=1S/C14H16N2O/c1-10-5-4-6-11(2)12(10)9-14(17)13-7-8-15-16(13)3/h4-8H,9H2,1-3H3. The molecule has 1 aromatic heterocycles. The number of aromatic nitrogens is 2. The third kappa shape index (κ3) is 2.28. The van der Waals surface area contributed by atoms with Crippen LogP contribution in [-0.4, -0.2) is 15.6 Å². The van der Waals surface area contributed by atoms with Crippen LogP contribution in [0.1, 0.15) is 27.2 Å². The smallest absolute Gasteiger partial charge is 0.185 e. The first kappa shape index (κ1) is 11.6. The van der Waals surface area contributed by atoms with Crippen molar-refractivity contribution in [2.45, 2.75) is 20.3 Å². The molecule has 0 fully saturated rings. The summed E-state index contributed by atoms with van der Waals surface area (Å²) in [4.78, 5) is 12.1. The molecule has 3 nitrogen and oxygen atoms in total. The molecule has 0 aliphatic rings. The molecule has 0 aliphatic heterocycles. The van der Waals surface area contributed by atoms with E-state index in [0.29, 0.717) is 12.1 Å². The third-order valence-corrected chi connectivity index (χ3v) is 3.09. The largest absolute Gasteiger partial charge is 0.292 e. The molecule has 0 spiro atoms. The Balaban J connectivity index is 2.28. The summed E-state index contributed by atoms with van der Waals surface area (Å²) in [5.41, 5.74) is 4.12. The van der Waals surface area contributed by atoms with E-state index in [4.69, 9.17) is 0 Å². The minimum atomic E-state index is 0.113. The van der Waals surface area contributed by atoms with Crippen LogP contribution in [0.5, 0.6) is 0 Å². The second-order valence-corrected chi connectivity index (χ2v) is 4.31. The van der Waals surface area contributed by atoms with Crippen LogP contribution in [0.3, 0.4) is 0 Å². The van der Waals surface area contributed by atoms with Crippen LogP contribution < -0.4 is 0 Å². The molecular formula is C14H16N2O. The molecule has 0 radical (unpaired) electrons. The first-order valence-corrected chi connectivity index (χ1v) is 5.66. The van der Waals surface area contributed by atoms with Crippen molar-refractivity contribution < 1.29 is 4.79 Å². The van der Waals surface area contributed by atoms with E-state index in [0.717, 1.165) is 5.56 Å². The van der Waals surface area contributed by atoms with Crippen molar-refractivity contribution >= 4 is 5.78 Å². The van der Waals surface area contributed by atoms with Crippen molar-refractivity contribution in [1.82, 2.24) is 9.78 Å². The summed E-state index contributed by atoms with van der Waals surface area (Å²) >= 11 is 0. The highest BCUT2D eigenvalue weighted by Crippen LogP contribution is 2.16. The fraction of sp³-hybridized carbons (Fsp3) is 0.286. The predicted octanol–water partition coefficient (Wildman–Crippen LogP) is 2.46. The molecule has 88 valence electrons. The van der Waals surface area contributed by atoms with Crippen LogP contribution in [0.15, 0.2) is 30.5 Å². The molecule has 1 aromatic carbocycles. The average molecular weight is 228 g/mol. The molecule has 0 saturated heterocycles. The maximum atomic E-state index is 12.1. The van der Waals surface area contributed by atoms with Gasteiger partial charge in [0.25, 0.3) is 0 Å². The van der Waals surface area contributed by atoms with E-state index in [1.807, 2.05) is 32.0 Å². The number of carbonyl (C=O) groups excluding carboxylic acids is 1. The van der Waals surface area contributed by atoms with E-state index < -0.39 is 0 Å². The zero-order valence-corrected chi connectivity index (χ0v) is 10.4. The van der Waals surface area contributed by atoms with Crippen molar-refractivity contribution in [2.75, 3.05) is 0 Å². The quantitative estimate of drug-likeness (QED) is 0.756. The lowest BCUT2D eigenvalue weighted by atomic mass is 9.97. The number of hydrogen-bond acceptors (Lipinski definition) is 2. The summed E-state index contributed by atoms with van der Waals surface area (Å²) in [6.45, 7) is 4.08. The van der Waals surface area contributed by atoms with E-state index >= 15 is 0 Å². The lowest BCUT2D eigenvalue weighted by molar-refractivity contribution is 0.0983. The average Bonchev–Trinajstić information content (AvgIpc) is 2.70. The number of carbonyl (C=O) groups is 1. The van der Waals surface area contributed by atoms with Crippen molar-refractivity contribution in [3.05, 3.63) is 52.8 Å². The molecule has 0 aliphatic carbocycles. The zero-order chi connectivity index (χ0) is 12.4. The second-order valence-electron chi connectivity index (χ2n) is 4.31. The number of nitrogens with zero attached hydrogens (tertiary/aromatic N) is 2. The minimum absolute atomic E-state index is 0.113. The topological polar surface area (TPSA) is 34.9 Å². The summed E-state index contributed by atoms with van der Waals surface area (Å²) in [6, 6.07) is 7.86. The van der Waals surface area contributed by atoms with Gasteiger partial charge < -0.3 is 0 Å². The first-order valence-electron chi connectivity index (χ1n) is 5.66. The van der Waals surface area contributed by atoms with Gasteiger partial charge in [-0.3, -0.25) is 9.48 Å². The van der Waals surface area contributed by atoms with Crippen LogP contribution in [0.25, 0.3) is 0 Å². The Kier molecular flexibility index (Phi) is 3.09. The highest BCUT2D eigenvalue weighted by molar-refractivity contribution is 5.96. The molecule has 17 heavy (non-hydrogen) atoms. The monoisotopic (exact) mass is 228 g/mol. The maximum absolute atomic E-state index is 12.1. The van der Waals surface area contributed by atoms with Gasteiger partial charge in [0, 0.05) is 19.7 Å². The molecule has 3 heteroatoms. The Morgan fingerprint density at radius 1 is 1.24 bits per heavy atom. The van der Waals surface area contributed by atoms with Crippen LogP contribution in [0.4, 0.5) is 0 Å². The molecule has 0 N–H and O–H groups in total. The van der Waals surface area contributed by atoms with Gasteiger partial charge in [0.1, 0.15) is 5.69 Å². The summed E-state index contributed by atoms with van der Waals surface area (Å²) < 4.78 is 1.62. The normalized spacial score (nSPS) is 10.5. The SMILES string of the molecule is Cc1cccc(C)c1CC(=O)c1ccnn1C. The Hall–Kier alpha value is -1.90. The highest BCUT2D eigenvalue weighted by atomic mass is 16.1. The van der Waals surface area contributed by atoms with E-state index in [2.05, 4.69) is 5.10 Å². The lowest BCUT2D eigenvalue weighted by Crippen LogP contribution is -2.11. The number of ketones is 1. The molecule has 2 aromatic rings. The molecule has 0 unspecified atom stereocenters. The van der Waals surface area contributed by atoms with Gasteiger partial charge in [-0.15, -0.1) is 0 Å². The Morgan fingerprint density at radius 3 is 2.41 bits per heavy atom. The summed E-state index contributed by atoms with van der Waals surface area (Å²) in [7, 11) is 1.79. The molecule has 0 atom stereocenters.